The molecular weight excluding hydrogens is 718 g/mol. The number of amides is 7. The van der Waals surface area contributed by atoms with E-state index < -0.39 is 78.5 Å². The molecule has 7 amide bonds. The zero-order valence-electron chi connectivity index (χ0n) is 32.1. The summed E-state index contributed by atoms with van der Waals surface area (Å²) >= 11 is 0. The molecule has 0 spiro atoms. The second-order valence-electron chi connectivity index (χ2n) is 15.4. The molecule has 4 saturated heterocycles. The van der Waals surface area contributed by atoms with Crippen molar-refractivity contribution in [2.45, 2.75) is 101 Å². The standard InChI is InChI=1S/C41H53N7O8/c1-26-22-34-40(54)56-25-31(44-35(49)30(23-29-14-7-4-8-15-29)45-41(55)42-19-18-28-12-5-3-6-13-28)38(52)47-21-11-17-33(47)39(53)46-20-10-9-16-32(46)36(50)43-27(2)37(51)48(34)24-26/h3-8,12-15,26-27,30-34H,9-11,16-25H2,1-2H3,(H,43,50)(H,44,49)(H2,42,45,55)/t26-,27+,30+,31+,32+,33+,34+/m1/s1. The second-order valence-corrected chi connectivity index (χ2v) is 15.4. The topological polar surface area (TPSA) is 187 Å². The number of ether oxygens (including phenoxy) is 1. The van der Waals surface area contributed by atoms with Crippen LogP contribution in [0.5, 0.6) is 0 Å². The Morgan fingerprint density at radius 2 is 1.45 bits per heavy atom. The van der Waals surface area contributed by atoms with Crippen LogP contribution in [-0.2, 0) is 46.3 Å². The molecule has 2 aromatic rings. The van der Waals surface area contributed by atoms with Gasteiger partial charge in [-0.2, -0.15) is 0 Å². The zero-order valence-corrected chi connectivity index (χ0v) is 32.1. The maximum atomic E-state index is 14.5. The lowest BCUT2D eigenvalue weighted by Gasteiger charge is -2.39. The summed E-state index contributed by atoms with van der Waals surface area (Å²) in [4.78, 5) is 101. The molecule has 4 fully saturated rings. The molecule has 0 aliphatic carbocycles. The van der Waals surface area contributed by atoms with E-state index in [1.54, 1.807) is 6.92 Å². The lowest BCUT2D eigenvalue weighted by molar-refractivity contribution is -0.158. The first-order chi connectivity index (χ1) is 27.0. The molecule has 15 heteroatoms. The summed E-state index contributed by atoms with van der Waals surface area (Å²) < 4.78 is 5.75. The minimum absolute atomic E-state index is 0.0425. The van der Waals surface area contributed by atoms with Crippen LogP contribution in [0.25, 0.3) is 0 Å². The number of cyclic esters (lactones) is 1. The summed E-state index contributed by atoms with van der Waals surface area (Å²) in [5, 5.41) is 11.1. The van der Waals surface area contributed by atoms with E-state index in [0.717, 1.165) is 11.1 Å². The number of benzene rings is 2. The first-order valence-electron chi connectivity index (χ1n) is 19.8. The molecule has 4 N–H and O–H groups in total. The van der Waals surface area contributed by atoms with Crippen LogP contribution in [0.4, 0.5) is 4.79 Å². The number of urea groups is 1. The Balaban J connectivity index is 1.26. The Morgan fingerprint density at radius 1 is 0.786 bits per heavy atom. The molecule has 0 saturated carbocycles. The number of nitrogens with zero attached hydrogens (tertiary/aromatic N) is 3. The number of hydrogen-bond acceptors (Lipinski definition) is 8. The third-order valence-electron chi connectivity index (χ3n) is 11.2. The molecule has 300 valence electrons. The van der Waals surface area contributed by atoms with Gasteiger partial charge in [-0.25, -0.2) is 9.59 Å². The summed E-state index contributed by atoms with van der Waals surface area (Å²) in [5.41, 5.74) is 1.79. The second kappa shape index (κ2) is 18.4. The van der Waals surface area contributed by atoms with Crippen LogP contribution < -0.4 is 21.3 Å². The molecule has 4 aliphatic heterocycles. The van der Waals surface area contributed by atoms with Crippen LogP contribution in [0.15, 0.2) is 60.7 Å². The maximum Gasteiger partial charge on any atom is 0.328 e. The van der Waals surface area contributed by atoms with Gasteiger partial charge < -0.3 is 40.7 Å². The lowest BCUT2D eigenvalue weighted by atomic mass is 9.99. The fourth-order valence-electron chi connectivity index (χ4n) is 8.22. The van der Waals surface area contributed by atoms with Gasteiger partial charge in [0.1, 0.15) is 42.9 Å². The SMILES string of the molecule is C[C@@H]1C[C@H]2C(=O)OC[C@H](NC(=O)[C@H](Cc3ccccc3)NC(=O)NCCc3ccccc3)C(=O)N3CCC[C@H]3C(=O)N3CCCC[C@H]3C(=O)N[C@@H](C)C(=O)N2C1. The van der Waals surface area contributed by atoms with Crippen molar-refractivity contribution in [2.24, 2.45) is 5.92 Å². The van der Waals surface area contributed by atoms with Crippen LogP contribution in [0.1, 0.15) is 63.5 Å². The molecule has 15 nitrogen and oxygen atoms in total. The van der Waals surface area contributed by atoms with Gasteiger partial charge in [-0.15, -0.1) is 0 Å². The van der Waals surface area contributed by atoms with Crippen molar-refractivity contribution in [3.05, 3.63) is 71.8 Å². The van der Waals surface area contributed by atoms with Gasteiger partial charge in [-0.3, -0.25) is 24.0 Å². The number of fused-ring (bicyclic) bond motifs is 3. The molecule has 7 atom stereocenters. The number of esters is 1. The summed E-state index contributed by atoms with van der Waals surface area (Å²) in [6, 6.07) is 12.0. The third kappa shape index (κ3) is 9.66. The molecule has 2 aromatic carbocycles. The lowest BCUT2D eigenvalue weighted by Crippen LogP contribution is -2.62. The normalized spacial score (nSPS) is 26.7. The van der Waals surface area contributed by atoms with Gasteiger partial charge in [0.2, 0.25) is 29.5 Å². The predicted octanol–water partition coefficient (Wildman–Crippen LogP) is 1.30. The average Bonchev–Trinajstić information content (AvgIpc) is 3.86. The summed E-state index contributed by atoms with van der Waals surface area (Å²) in [5.74, 6) is -3.40. The van der Waals surface area contributed by atoms with E-state index in [9.17, 15) is 33.6 Å². The van der Waals surface area contributed by atoms with Crippen molar-refractivity contribution >= 4 is 41.5 Å². The van der Waals surface area contributed by atoms with Crippen LogP contribution in [0.2, 0.25) is 0 Å². The van der Waals surface area contributed by atoms with E-state index in [1.165, 1.54) is 14.7 Å². The molecule has 4 heterocycles. The predicted molar refractivity (Wildman–Crippen MR) is 204 cm³/mol. The Bertz CT molecular complexity index is 1760. The van der Waals surface area contributed by atoms with Crippen molar-refractivity contribution in [3.8, 4) is 0 Å². The highest BCUT2D eigenvalue weighted by Crippen LogP contribution is 2.28. The minimum Gasteiger partial charge on any atom is -0.461 e. The van der Waals surface area contributed by atoms with Gasteiger partial charge in [0.05, 0.1) is 0 Å². The number of hydrogen-bond donors (Lipinski definition) is 4. The molecule has 4 aliphatic rings. The Hall–Kier alpha value is -5.47. The highest BCUT2D eigenvalue weighted by atomic mass is 16.5. The quantitative estimate of drug-likeness (QED) is 0.289. The minimum atomic E-state index is -1.42. The molecule has 0 bridgehead atoms. The van der Waals surface area contributed by atoms with E-state index in [2.05, 4.69) is 21.3 Å². The van der Waals surface area contributed by atoms with Crippen LogP contribution >= 0.6 is 0 Å². The molecule has 0 aromatic heterocycles. The highest BCUT2D eigenvalue weighted by molar-refractivity contribution is 5.97. The van der Waals surface area contributed by atoms with Crippen molar-refractivity contribution in [1.82, 2.24) is 36.0 Å². The number of rotatable bonds is 8. The molecule has 0 unspecified atom stereocenters. The molecule has 0 radical (unpaired) electrons. The number of nitrogens with one attached hydrogen (secondary N) is 4. The van der Waals surface area contributed by atoms with Gasteiger partial charge >= 0.3 is 12.0 Å². The van der Waals surface area contributed by atoms with Gasteiger partial charge in [0, 0.05) is 32.6 Å². The first-order valence-corrected chi connectivity index (χ1v) is 19.8. The van der Waals surface area contributed by atoms with Crippen molar-refractivity contribution in [2.75, 3.05) is 32.8 Å². The Labute approximate surface area is 327 Å². The van der Waals surface area contributed by atoms with E-state index in [-0.39, 0.29) is 31.3 Å². The highest BCUT2D eigenvalue weighted by Gasteiger charge is 2.46. The van der Waals surface area contributed by atoms with E-state index in [1.807, 2.05) is 67.6 Å². The zero-order chi connectivity index (χ0) is 39.8. The Morgan fingerprint density at radius 3 is 2.18 bits per heavy atom. The third-order valence-corrected chi connectivity index (χ3v) is 11.2. The number of carbonyl (C=O) groups excluding carboxylic acids is 7. The number of piperidine rings is 1. The molecule has 6 rings (SSSR count). The largest absolute Gasteiger partial charge is 0.461 e. The monoisotopic (exact) mass is 771 g/mol. The van der Waals surface area contributed by atoms with Gasteiger partial charge in [0.25, 0.3) is 0 Å². The van der Waals surface area contributed by atoms with Crippen LogP contribution in [-0.4, -0.2) is 125 Å². The fraction of sp³-hybridized carbons (Fsp3) is 0.537. The van der Waals surface area contributed by atoms with Crippen molar-refractivity contribution in [3.63, 3.8) is 0 Å². The van der Waals surface area contributed by atoms with E-state index in [4.69, 9.17) is 4.74 Å². The van der Waals surface area contributed by atoms with Gasteiger partial charge in [-0.05, 0) is 68.9 Å². The van der Waals surface area contributed by atoms with Crippen LogP contribution in [0.3, 0.4) is 0 Å². The van der Waals surface area contributed by atoms with E-state index >= 15 is 0 Å². The smallest absolute Gasteiger partial charge is 0.328 e. The summed E-state index contributed by atoms with van der Waals surface area (Å²) in [6.07, 6.45) is 3.65. The number of carbonyl (C=O) groups is 7. The fourth-order valence-corrected chi connectivity index (χ4v) is 8.22. The van der Waals surface area contributed by atoms with Gasteiger partial charge in [-0.1, -0.05) is 67.6 Å². The first kappa shape index (κ1) is 40.2. The van der Waals surface area contributed by atoms with Gasteiger partial charge in [0.15, 0.2) is 0 Å². The summed E-state index contributed by atoms with van der Waals surface area (Å²) in [6.45, 7) is 4.03. The van der Waals surface area contributed by atoms with Crippen molar-refractivity contribution in [1.29, 1.82) is 0 Å². The maximum absolute atomic E-state index is 14.5. The Kier molecular flexibility index (Phi) is 13.2. The van der Waals surface area contributed by atoms with Crippen molar-refractivity contribution < 1.29 is 38.3 Å². The average molecular weight is 772 g/mol. The van der Waals surface area contributed by atoms with Crippen LogP contribution in [0, 0.1) is 5.92 Å². The van der Waals surface area contributed by atoms with E-state index in [0.29, 0.717) is 58.0 Å². The summed E-state index contributed by atoms with van der Waals surface area (Å²) in [7, 11) is 0. The molecular formula is C41H53N7O8. The molecule has 56 heavy (non-hydrogen) atoms.